The van der Waals surface area contributed by atoms with E-state index >= 15 is 0 Å². The van der Waals surface area contributed by atoms with E-state index in [4.69, 9.17) is 0 Å². The first-order valence-electron chi connectivity index (χ1n) is 7.35. The highest BCUT2D eigenvalue weighted by molar-refractivity contribution is 7.89. The summed E-state index contributed by atoms with van der Waals surface area (Å²) in [5.74, 6) is 0. The number of rotatable bonds is 5. The van der Waals surface area contributed by atoms with Crippen LogP contribution in [0.25, 0.3) is 0 Å². The lowest BCUT2D eigenvalue weighted by Crippen LogP contribution is -2.38. The monoisotopic (exact) mass is 311 g/mol. The van der Waals surface area contributed by atoms with Crippen LogP contribution in [0.3, 0.4) is 0 Å². The Hall–Kier alpha value is -1.11. The van der Waals surface area contributed by atoms with Gasteiger partial charge in [-0.2, -0.15) is 0 Å². The Morgan fingerprint density at radius 2 is 2.10 bits per heavy atom. The molecule has 6 heteroatoms. The van der Waals surface area contributed by atoms with Crippen LogP contribution in [-0.4, -0.2) is 46.5 Å². The lowest BCUT2D eigenvalue weighted by atomic mass is 10.00. The van der Waals surface area contributed by atoms with Crippen LogP contribution in [0.5, 0.6) is 0 Å². The highest BCUT2D eigenvalue weighted by atomic mass is 32.2. The summed E-state index contributed by atoms with van der Waals surface area (Å²) in [7, 11) is 0.418. The van der Waals surface area contributed by atoms with Crippen LogP contribution >= 0.6 is 0 Å². The number of likely N-dealkylation sites (N-methyl/N-ethyl adjacent to an activating group) is 1. The van der Waals surface area contributed by atoms with Crippen molar-refractivity contribution >= 4 is 15.7 Å². The summed E-state index contributed by atoms with van der Waals surface area (Å²) in [6.45, 7) is 5.32. The van der Waals surface area contributed by atoms with Crippen LogP contribution in [0.2, 0.25) is 0 Å². The number of nitrogens with zero attached hydrogens (tertiary/aromatic N) is 1. The van der Waals surface area contributed by atoms with Gasteiger partial charge >= 0.3 is 0 Å². The number of anilines is 1. The van der Waals surface area contributed by atoms with E-state index in [1.807, 2.05) is 38.9 Å². The molecule has 0 aliphatic carbocycles. The lowest BCUT2D eigenvalue weighted by molar-refractivity contribution is 0.314. The Bertz CT molecular complexity index is 612. The summed E-state index contributed by atoms with van der Waals surface area (Å²) in [6.07, 6.45) is 1.77. The van der Waals surface area contributed by atoms with Crippen molar-refractivity contribution in [3.05, 3.63) is 23.3 Å². The normalized spacial score (nSPS) is 16.4. The second-order valence-electron chi connectivity index (χ2n) is 5.93. The molecule has 0 saturated carbocycles. The van der Waals surface area contributed by atoms with E-state index < -0.39 is 10.0 Å². The first-order valence-corrected chi connectivity index (χ1v) is 8.83. The fourth-order valence-corrected chi connectivity index (χ4v) is 3.85. The van der Waals surface area contributed by atoms with Crippen LogP contribution in [0.4, 0.5) is 5.69 Å². The van der Waals surface area contributed by atoms with Crippen LogP contribution < -0.4 is 10.0 Å². The molecule has 0 bridgehead atoms. The Balaban J connectivity index is 2.28. The van der Waals surface area contributed by atoms with Crippen LogP contribution in [0.1, 0.15) is 24.5 Å². The van der Waals surface area contributed by atoms with Gasteiger partial charge in [-0.15, -0.1) is 0 Å². The van der Waals surface area contributed by atoms with E-state index in [9.17, 15) is 8.42 Å². The van der Waals surface area contributed by atoms with Gasteiger partial charge in [-0.3, -0.25) is 0 Å². The van der Waals surface area contributed by atoms with Crippen molar-refractivity contribution in [1.29, 1.82) is 0 Å². The van der Waals surface area contributed by atoms with Gasteiger partial charge in [-0.1, -0.05) is 6.07 Å². The molecule has 1 aromatic carbocycles. The molecule has 2 N–H and O–H groups in total. The second-order valence-corrected chi connectivity index (χ2v) is 7.66. The van der Waals surface area contributed by atoms with Gasteiger partial charge in [0.05, 0.1) is 4.90 Å². The Morgan fingerprint density at radius 3 is 2.76 bits per heavy atom. The molecule has 0 spiro atoms. The molecule has 0 radical (unpaired) electrons. The standard InChI is InChI=1S/C15H25N3O2S/c1-11-7-8-14(13-6-5-9-16-15(11)13)21(19,20)17-10-12(2)18(3)4/h7-8,12,16-17H,5-6,9-10H2,1-4H3. The first kappa shape index (κ1) is 16.3. The zero-order valence-electron chi connectivity index (χ0n) is 13.2. The molecule has 0 fully saturated rings. The van der Waals surface area contributed by atoms with Gasteiger partial charge in [0.1, 0.15) is 0 Å². The number of hydrogen-bond donors (Lipinski definition) is 2. The minimum absolute atomic E-state index is 0.152. The molecule has 118 valence electrons. The van der Waals surface area contributed by atoms with E-state index in [-0.39, 0.29) is 6.04 Å². The highest BCUT2D eigenvalue weighted by Gasteiger charge is 2.24. The quantitative estimate of drug-likeness (QED) is 0.867. The smallest absolute Gasteiger partial charge is 0.240 e. The maximum absolute atomic E-state index is 12.6. The van der Waals surface area contributed by atoms with Crippen LogP contribution in [0.15, 0.2) is 17.0 Å². The van der Waals surface area contributed by atoms with E-state index in [1.165, 1.54) is 0 Å². The fourth-order valence-electron chi connectivity index (χ4n) is 2.46. The highest BCUT2D eigenvalue weighted by Crippen LogP contribution is 2.31. The summed E-state index contributed by atoms with van der Waals surface area (Å²) in [4.78, 5) is 2.41. The maximum Gasteiger partial charge on any atom is 0.240 e. The molecule has 0 amide bonds. The molecule has 1 heterocycles. The predicted molar refractivity (Wildman–Crippen MR) is 86.3 cm³/mol. The minimum atomic E-state index is -3.46. The van der Waals surface area contributed by atoms with Crippen LogP contribution in [-0.2, 0) is 16.4 Å². The van der Waals surface area contributed by atoms with Gasteiger partial charge < -0.3 is 10.2 Å². The van der Waals surface area contributed by atoms with Crippen molar-refractivity contribution in [2.45, 2.75) is 37.6 Å². The molecule has 1 aromatic rings. The molecule has 2 rings (SSSR count). The molecule has 1 atom stereocenters. The van der Waals surface area contributed by atoms with E-state index in [0.717, 1.165) is 36.2 Å². The zero-order valence-corrected chi connectivity index (χ0v) is 14.0. The minimum Gasteiger partial charge on any atom is -0.385 e. The third kappa shape index (κ3) is 3.56. The average Bonchev–Trinajstić information content (AvgIpc) is 2.45. The second kappa shape index (κ2) is 6.34. The topological polar surface area (TPSA) is 61.4 Å². The summed E-state index contributed by atoms with van der Waals surface area (Å²) < 4.78 is 27.9. The van der Waals surface area contributed by atoms with Gasteiger partial charge in [-0.05, 0) is 58.0 Å². The Labute approximate surface area is 127 Å². The number of aryl methyl sites for hydroxylation is 1. The summed E-state index contributed by atoms with van der Waals surface area (Å²) >= 11 is 0. The first-order chi connectivity index (χ1) is 9.83. The molecule has 1 aliphatic heterocycles. The molecule has 0 saturated heterocycles. The Morgan fingerprint density at radius 1 is 1.38 bits per heavy atom. The average molecular weight is 311 g/mol. The zero-order chi connectivity index (χ0) is 15.6. The number of benzene rings is 1. The van der Waals surface area contributed by atoms with Gasteiger partial charge in [0, 0.05) is 24.8 Å². The third-order valence-electron chi connectivity index (χ3n) is 4.12. The number of hydrogen-bond acceptors (Lipinski definition) is 4. The van der Waals surface area contributed by atoms with Crippen molar-refractivity contribution in [2.75, 3.05) is 32.5 Å². The molecular weight excluding hydrogens is 286 g/mol. The van der Waals surface area contributed by atoms with Crippen molar-refractivity contribution in [3.63, 3.8) is 0 Å². The van der Waals surface area contributed by atoms with E-state index in [1.54, 1.807) is 6.07 Å². The van der Waals surface area contributed by atoms with Gasteiger partial charge in [0.15, 0.2) is 0 Å². The molecule has 21 heavy (non-hydrogen) atoms. The van der Waals surface area contributed by atoms with Crippen molar-refractivity contribution < 1.29 is 8.42 Å². The molecule has 5 nitrogen and oxygen atoms in total. The molecule has 1 unspecified atom stereocenters. The Kier molecular flexibility index (Phi) is 4.91. The third-order valence-corrected chi connectivity index (χ3v) is 5.63. The molecule has 0 aromatic heterocycles. The lowest BCUT2D eigenvalue weighted by Gasteiger charge is -2.24. The van der Waals surface area contributed by atoms with E-state index in [0.29, 0.717) is 11.4 Å². The van der Waals surface area contributed by atoms with E-state index in [2.05, 4.69) is 10.0 Å². The predicted octanol–water partition coefficient (Wildman–Crippen LogP) is 1.58. The molecular formula is C15H25N3O2S. The largest absolute Gasteiger partial charge is 0.385 e. The number of sulfonamides is 1. The van der Waals surface area contributed by atoms with Crippen molar-refractivity contribution in [2.24, 2.45) is 0 Å². The van der Waals surface area contributed by atoms with Gasteiger partial charge in [-0.25, -0.2) is 13.1 Å². The SMILES string of the molecule is Cc1ccc(S(=O)(=O)NCC(C)N(C)C)c2c1NCCC2. The van der Waals surface area contributed by atoms with Crippen molar-refractivity contribution in [1.82, 2.24) is 9.62 Å². The van der Waals surface area contributed by atoms with Gasteiger partial charge in [0.2, 0.25) is 10.0 Å². The summed E-state index contributed by atoms with van der Waals surface area (Å²) in [5, 5.41) is 3.33. The summed E-state index contributed by atoms with van der Waals surface area (Å²) in [5.41, 5.74) is 3.02. The van der Waals surface area contributed by atoms with Crippen LogP contribution in [0, 0.1) is 6.92 Å². The number of nitrogens with one attached hydrogen (secondary N) is 2. The fraction of sp³-hybridized carbons (Fsp3) is 0.600. The molecule has 1 aliphatic rings. The van der Waals surface area contributed by atoms with Gasteiger partial charge in [0.25, 0.3) is 0 Å². The summed E-state index contributed by atoms with van der Waals surface area (Å²) in [6, 6.07) is 3.75. The maximum atomic E-state index is 12.6. The number of fused-ring (bicyclic) bond motifs is 1. The van der Waals surface area contributed by atoms with Crippen molar-refractivity contribution in [3.8, 4) is 0 Å².